The van der Waals surface area contributed by atoms with Crippen LogP contribution in [0.4, 0.5) is 0 Å². The summed E-state index contributed by atoms with van der Waals surface area (Å²) in [6, 6.07) is 9.33. The highest BCUT2D eigenvalue weighted by Crippen LogP contribution is 2.51. The van der Waals surface area contributed by atoms with Crippen molar-refractivity contribution < 1.29 is 24.1 Å². The number of ether oxygens (including phenoxy) is 4. The van der Waals surface area contributed by atoms with Crippen LogP contribution < -0.4 is 18.9 Å². The van der Waals surface area contributed by atoms with Crippen LogP contribution in [0.3, 0.4) is 0 Å². The fourth-order valence-electron chi connectivity index (χ4n) is 4.78. The van der Waals surface area contributed by atoms with Gasteiger partial charge in [0.05, 0.1) is 7.11 Å². The third-order valence-electron chi connectivity index (χ3n) is 6.12. The molecule has 3 unspecified atom stereocenters. The molecule has 1 fully saturated rings. The number of hydrogen-bond donors (Lipinski definition) is 1. The van der Waals surface area contributed by atoms with Gasteiger partial charge in [0, 0.05) is 48.2 Å². The Balaban J connectivity index is 0.00000106. The Hall–Kier alpha value is -2.60. The van der Waals surface area contributed by atoms with E-state index in [0.29, 0.717) is 5.75 Å². The van der Waals surface area contributed by atoms with Crippen LogP contribution in [0.25, 0.3) is 0 Å². The molecule has 1 N–H and O–H groups in total. The largest absolute Gasteiger partial charge is 0.508 e. The molecule has 0 amide bonds. The number of rotatable bonds is 3. The van der Waals surface area contributed by atoms with Crippen LogP contribution in [0.1, 0.15) is 50.7 Å². The number of nitrogens with zero attached hydrogens (tertiary/aromatic N) is 1. The SMILES string of the molecule is CC.COc1cc(O)ccc1C1c2cc3c(cc2OC(N2CCCC2)C1C)OCO3. The van der Waals surface area contributed by atoms with E-state index in [4.69, 9.17) is 18.9 Å². The predicted molar refractivity (Wildman–Crippen MR) is 115 cm³/mol. The molecule has 30 heavy (non-hydrogen) atoms. The predicted octanol–water partition coefficient (Wildman–Crippen LogP) is 4.74. The summed E-state index contributed by atoms with van der Waals surface area (Å²) in [5.74, 6) is 3.44. The van der Waals surface area contributed by atoms with Gasteiger partial charge < -0.3 is 24.1 Å². The van der Waals surface area contributed by atoms with Crippen molar-refractivity contribution in [1.82, 2.24) is 4.90 Å². The maximum Gasteiger partial charge on any atom is 0.231 e. The molecule has 6 heteroatoms. The van der Waals surface area contributed by atoms with E-state index < -0.39 is 0 Å². The van der Waals surface area contributed by atoms with Gasteiger partial charge in [0.2, 0.25) is 6.79 Å². The van der Waals surface area contributed by atoms with Crippen molar-refractivity contribution >= 4 is 0 Å². The number of benzene rings is 2. The quantitative estimate of drug-likeness (QED) is 0.784. The van der Waals surface area contributed by atoms with Crippen LogP contribution in [0, 0.1) is 5.92 Å². The Kier molecular flexibility index (Phi) is 5.95. The summed E-state index contributed by atoms with van der Waals surface area (Å²) in [7, 11) is 1.64. The monoisotopic (exact) mass is 413 g/mol. The zero-order valence-electron chi connectivity index (χ0n) is 18.2. The molecule has 162 valence electrons. The third kappa shape index (κ3) is 3.54. The molecule has 3 aliphatic heterocycles. The molecule has 0 aliphatic carbocycles. The third-order valence-corrected chi connectivity index (χ3v) is 6.12. The summed E-state index contributed by atoms with van der Waals surface area (Å²) in [4.78, 5) is 2.43. The Morgan fingerprint density at radius 2 is 1.67 bits per heavy atom. The van der Waals surface area contributed by atoms with Crippen molar-refractivity contribution in [2.75, 3.05) is 27.0 Å². The number of hydrogen-bond acceptors (Lipinski definition) is 6. The van der Waals surface area contributed by atoms with E-state index in [0.717, 1.165) is 41.5 Å². The summed E-state index contributed by atoms with van der Waals surface area (Å²) < 4.78 is 23.3. The molecular formula is C24H31NO5. The minimum atomic E-state index is -0.0149. The molecule has 2 aromatic carbocycles. The maximum absolute atomic E-state index is 9.93. The summed E-state index contributed by atoms with van der Waals surface area (Å²) >= 11 is 0. The average Bonchev–Trinajstić information content (AvgIpc) is 3.45. The molecule has 3 heterocycles. The topological polar surface area (TPSA) is 60.4 Å². The van der Waals surface area contributed by atoms with Crippen molar-refractivity contribution in [1.29, 1.82) is 0 Å². The number of phenols is 1. The second-order valence-electron chi connectivity index (χ2n) is 7.76. The highest BCUT2D eigenvalue weighted by atomic mass is 16.7. The van der Waals surface area contributed by atoms with Gasteiger partial charge in [-0.3, -0.25) is 4.90 Å². The maximum atomic E-state index is 9.93. The summed E-state index contributed by atoms with van der Waals surface area (Å²) in [6.45, 7) is 8.56. The number of phenolic OH excluding ortho intramolecular Hbond substituents is 1. The van der Waals surface area contributed by atoms with Gasteiger partial charge in [0.25, 0.3) is 0 Å². The first-order valence-corrected chi connectivity index (χ1v) is 10.9. The first kappa shape index (κ1) is 20.7. The minimum Gasteiger partial charge on any atom is -0.508 e. The molecule has 0 spiro atoms. The lowest BCUT2D eigenvalue weighted by molar-refractivity contribution is -0.0180. The van der Waals surface area contributed by atoms with Crippen molar-refractivity contribution in [3.05, 3.63) is 41.5 Å². The molecule has 0 saturated carbocycles. The molecule has 0 aromatic heterocycles. The zero-order valence-corrected chi connectivity index (χ0v) is 18.2. The van der Waals surface area contributed by atoms with E-state index >= 15 is 0 Å². The molecule has 5 rings (SSSR count). The standard InChI is InChI=1S/C22H25NO5.C2H6/c1-13-21(15-6-5-14(24)9-17(15)25-2)16-10-19-20(27-12-26-19)11-18(16)28-22(13)23-7-3-4-8-23;1-2/h5-6,9-11,13,21-22,24H,3-4,7-8,12H2,1-2H3;1-2H3. The molecule has 1 saturated heterocycles. The summed E-state index contributed by atoms with van der Waals surface area (Å²) in [5, 5.41) is 9.93. The van der Waals surface area contributed by atoms with Crippen LogP contribution in [0.5, 0.6) is 28.7 Å². The average molecular weight is 414 g/mol. The molecule has 3 atom stereocenters. The van der Waals surface area contributed by atoms with Crippen LogP contribution in [-0.4, -0.2) is 43.2 Å². The first-order valence-electron chi connectivity index (χ1n) is 10.9. The van der Waals surface area contributed by atoms with Crippen LogP contribution in [-0.2, 0) is 0 Å². The lowest BCUT2D eigenvalue weighted by Crippen LogP contribution is -2.47. The molecule has 0 radical (unpaired) electrons. The number of fused-ring (bicyclic) bond motifs is 2. The van der Waals surface area contributed by atoms with E-state index in [1.54, 1.807) is 19.2 Å². The smallest absolute Gasteiger partial charge is 0.231 e. The van der Waals surface area contributed by atoms with Gasteiger partial charge in [0.15, 0.2) is 17.7 Å². The zero-order chi connectivity index (χ0) is 21.3. The van der Waals surface area contributed by atoms with E-state index in [2.05, 4.69) is 11.8 Å². The Labute approximate surface area is 178 Å². The first-order chi connectivity index (χ1) is 14.7. The Morgan fingerprint density at radius 3 is 2.37 bits per heavy atom. The number of methoxy groups -OCH3 is 1. The summed E-state index contributed by atoms with van der Waals surface area (Å²) in [6.07, 6.45) is 2.39. The lowest BCUT2D eigenvalue weighted by atomic mass is 9.77. The second kappa shape index (κ2) is 8.64. The highest BCUT2D eigenvalue weighted by Gasteiger charge is 2.42. The molecule has 6 nitrogen and oxygen atoms in total. The van der Waals surface area contributed by atoms with Gasteiger partial charge in [-0.1, -0.05) is 26.8 Å². The van der Waals surface area contributed by atoms with Gasteiger partial charge in [-0.15, -0.1) is 0 Å². The van der Waals surface area contributed by atoms with Gasteiger partial charge in [-0.05, 0) is 25.0 Å². The molecule has 2 aromatic rings. The van der Waals surface area contributed by atoms with Gasteiger partial charge >= 0.3 is 0 Å². The van der Waals surface area contributed by atoms with E-state index in [1.165, 1.54) is 12.8 Å². The van der Waals surface area contributed by atoms with Gasteiger partial charge in [-0.25, -0.2) is 0 Å². The van der Waals surface area contributed by atoms with E-state index in [1.807, 2.05) is 32.0 Å². The Bertz CT molecular complexity index is 893. The number of aromatic hydroxyl groups is 1. The van der Waals surface area contributed by atoms with E-state index in [-0.39, 0.29) is 30.6 Å². The van der Waals surface area contributed by atoms with Crippen molar-refractivity contribution in [3.63, 3.8) is 0 Å². The van der Waals surface area contributed by atoms with E-state index in [9.17, 15) is 5.11 Å². The normalized spacial score (nSPS) is 24.5. The second-order valence-corrected chi connectivity index (χ2v) is 7.76. The van der Waals surface area contributed by atoms with Crippen LogP contribution in [0.15, 0.2) is 30.3 Å². The fraction of sp³-hybridized carbons (Fsp3) is 0.500. The molecule has 0 bridgehead atoms. The van der Waals surface area contributed by atoms with Crippen molar-refractivity contribution in [2.24, 2.45) is 5.92 Å². The van der Waals surface area contributed by atoms with Crippen molar-refractivity contribution in [2.45, 2.75) is 45.8 Å². The highest BCUT2D eigenvalue weighted by molar-refractivity contribution is 5.58. The van der Waals surface area contributed by atoms with Gasteiger partial charge in [0.1, 0.15) is 17.2 Å². The van der Waals surface area contributed by atoms with Crippen LogP contribution in [0.2, 0.25) is 0 Å². The fourth-order valence-corrected chi connectivity index (χ4v) is 4.78. The Morgan fingerprint density at radius 1 is 0.967 bits per heavy atom. The molecule has 3 aliphatic rings. The lowest BCUT2D eigenvalue weighted by Gasteiger charge is -2.42. The minimum absolute atomic E-state index is 0.0149. The van der Waals surface area contributed by atoms with Gasteiger partial charge in [-0.2, -0.15) is 0 Å². The summed E-state index contributed by atoms with van der Waals surface area (Å²) in [5.41, 5.74) is 2.11. The van der Waals surface area contributed by atoms with Crippen LogP contribution >= 0.6 is 0 Å². The molecular weight excluding hydrogens is 382 g/mol. The number of likely N-dealkylation sites (tertiary alicyclic amines) is 1. The van der Waals surface area contributed by atoms with Crippen molar-refractivity contribution in [3.8, 4) is 28.7 Å².